The molecule has 4 aromatic carbocycles. The van der Waals surface area contributed by atoms with Crippen molar-refractivity contribution in [2.24, 2.45) is 11.0 Å². The molecule has 0 aliphatic carbocycles. The normalized spacial score (nSPS) is 14.6. The smallest absolute Gasteiger partial charge is 0.271 e. The molecule has 2 N–H and O–H groups in total. The maximum Gasteiger partial charge on any atom is 0.271 e. The van der Waals surface area contributed by atoms with Crippen molar-refractivity contribution in [3.05, 3.63) is 107 Å². The number of halogens is 1. The molecule has 0 spiro atoms. The van der Waals surface area contributed by atoms with E-state index in [2.05, 4.69) is 45.8 Å². The van der Waals surface area contributed by atoms with E-state index in [1.807, 2.05) is 36.4 Å². The quantitative estimate of drug-likeness (QED) is 0.193. The first-order valence-corrected chi connectivity index (χ1v) is 13.7. The fourth-order valence-corrected chi connectivity index (χ4v) is 5.23. The Morgan fingerprint density at radius 3 is 2.51 bits per heavy atom. The van der Waals surface area contributed by atoms with Crippen LogP contribution >= 0.6 is 11.6 Å². The van der Waals surface area contributed by atoms with E-state index in [9.17, 15) is 9.90 Å². The molecule has 1 fully saturated rings. The standard InChI is InChI=1S/C32H32ClN3O3/c33-29-21-25(10-12-30(29)37)32(38)35-34-22-26-11-13-31(28-9-5-4-8-27(26)28)39-19-18-36-16-14-24(15-17-36)20-23-6-2-1-3-7-23/h1-13,21-22,24,37H,14-20H2,(H,35,38)/b34-22+. The minimum absolute atomic E-state index is 0.0751. The van der Waals surface area contributed by atoms with Crippen LogP contribution in [0.5, 0.6) is 11.5 Å². The van der Waals surface area contributed by atoms with Crippen LogP contribution in [-0.2, 0) is 6.42 Å². The van der Waals surface area contributed by atoms with E-state index in [4.69, 9.17) is 16.3 Å². The highest BCUT2D eigenvalue weighted by Crippen LogP contribution is 2.28. The lowest BCUT2D eigenvalue weighted by Gasteiger charge is -2.32. The van der Waals surface area contributed by atoms with Crippen molar-refractivity contribution >= 4 is 34.5 Å². The van der Waals surface area contributed by atoms with Gasteiger partial charge in [-0.3, -0.25) is 9.69 Å². The number of likely N-dealkylation sites (tertiary alicyclic amines) is 1. The minimum atomic E-state index is -0.415. The molecule has 5 rings (SSSR count). The van der Waals surface area contributed by atoms with E-state index in [1.165, 1.54) is 43.0 Å². The number of benzene rings is 4. The van der Waals surface area contributed by atoms with Crippen molar-refractivity contribution in [1.29, 1.82) is 0 Å². The van der Waals surface area contributed by atoms with Crippen LogP contribution < -0.4 is 10.2 Å². The second-order valence-electron chi connectivity index (χ2n) is 9.89. The lowest BCUT2D eigenvalue weighted by Crippen LogP contribution is -2.37. The van der Waals surface area contributed by atoms with E-state index in [0.717, 1.165) is 47.6 Å². The van der Waals surface area contributed by atoms with Gasteiger partial charge < -0.3 is 9.84 Å². The number of hydrogen-bond acceptors (Lipinski definition) is 5. The number of amides is 1. The number of carbonyl (C=O) groups excluding carboxylic acids is 1. The number of aromatic hydroxyl groups is 1. The Kier molecular flexibility index (Phi) is 8.76. The molecule has 39 heavy (non-hydrogen) atoms. The Morgan fingerprint density at radius 2 is 1.74 bits per heavy atom. The summed E-state index contributed by atoms with van der Waals surface area (Å²) in [5.41, 5.74) is 5.12. The van der Waals surface area contributed by atoms with Gasteiger partial charge in [-0.15, -0.1) is 0 Å². The molecule has 0 unspecified atom stereocenters. The summed E-state index contributed by atoms with van der Waals surface area (Å²) in [5.74, 6) is 1.10. The Labute approximate surface area is 233 Å². The molecule has 200 valence electrons. The monoisotopic (exact) mass is 541 g/mol. The fourth-order valence-electron chi connectivity index (χ4n) is 5.05. The van der Waals surface area contributed by atoms with Crippen LogP contribution in [0.4, 0.5) is 0 Å². The SMILES string of the molecule is O=C(N/N=C/c1ccc(OCCN2CCC(Cc3ccccc3)CC2)c2ccccc12)c1ccc(O)c(Cl)c1. The van der Waals surface area contributed by atoms with Gasteiger partial charge in [0.2, 0.25) is 0 Å². The predicted octanol–water partition coefficient (Wildman–Crippen LogP) is 6.30. The highest BCUT2D eigenvalue weighted by Gasteiger charge is 2.19. The van der Waals surface area contributed by atoms with Crippen molar-refractivity contribution in [3.63, 3.8) is 0 Å². The van der Waals surface area contributed by atoms with Crippen LogP contribution in [0.25, 0.3) is 10.8 Å². The molecule has 1 heterocycles. The zero-order valence-corrected chi connectivity index (χ0v) is 22.5. The second kappa shape index (κ2) is 12.8. The molecule has 6 nitrogen and oxygen atoms in total. The number of hydrazone groups is 1. The van der Waals surface area contributed by atoms with E-state index in [0.29, 0.717) is 12.2 Å². The molecule has 1 amide bonds. The largest absolute Gasteiger partial charge is 0.506 e. The number of nitrogens with zero attached hydrogens (tertiary/aromatic N) is 2. The third-order valence-corrected chi connectivity index (χ3v) is 7.54. The number of piperidine rings is 1. The first kappa shape index (κ1) is 26.7. The fraction of sp³-hybridized carbons (Fsp3) is 0.250. The van der Waals surface area contributed by atoms with E-state index < -0.39 is 5.91 Å². The van der Waals surface area contributed by atoms with Crippen molar-refractivity contribution in [3.8, 4) is 11.5 Å². The first-order valence-electron chi connectivity index (χ1n) is 13.3. The number of phenols is 1. The van der Waals surface area contributed by atoms with Crippen LogP contribution in [0.15, 0.2) is 90.0 Å². The Bertz CT molecular complexity index is 1450. The van der Waals surface area contributed by atoms with E-state index in [1.54, 1.807) is 6.21 Å². The van der Waals surface area contributed by atoms with Gasteiger partial charge in [-0.25, -0.2) is 5.43 Å². The molecule has 0 radical (unpaired) electrons. The minimum Gasteiger partial charge on any atom is -0.506 e. The van der Waals surface area contributed by atoms with Gasteiger partial charge in [-0.1, -0.05) is 66.2 Å². The van der Waals surface area contributed by atoms with Crippen molar-refractivity contribution in [2.45, 2.75) is 19.3 Å². The molecule has 7 heteroatoms. The highest BCUT2D eigenvalue weighted by atomic mass is 35.5. The molecule has 1 aliphatic heterocycles. The first-order chi connectivity index (χ1) is 19.1. The molecule has 0 bridgehead atoms. The number of phenolic OH excluding ortho intramolecular Hbond substituents is 1. The van der Waals surface area contributed by atoms with Crippen molar-refractivity contribution < 1.29 is 14.6 Å². The van der Waals surface area contributed by atoms with E-state index >= 15 is 0 Å². The average molecular weight is 542 g/mol. The molecule has 1 saturated heterocycles. The maximum atomic E-state index is 12.4. The Hall–Kier alpha value is -3.87. The lowest BCUT2D eigenvalue weighted by atomic mass is 9.90. The number of ether oxygens (including phenoxy) is 1. The summed E-state index contributed by atoms with van der Waals surface area (Å²) >= 11 is 5.90. The molecule has 4 aromatic rings. The number of fused-ring (bicyclic) bond motifs is 1. The molecule has 1 aliphatic rings. The predicted molar refractivity (Wildman–Crippen MR) is 157 cm³/mol. The van der Waals surface area contributed by atoms with Gasteiger partial charge in [-0.2, -0.15) is 5.10 Å². The van der Waals surface area contributed by atoms with Crippen LogP contribution in [0.2, 0.25) is 5.02 Å². The van der Waals surface area contributed by atoms with Crippen LogP contribution in [0.1, 0.15) is 34.3 Å². The van der Waals surface area contributed by atoms with Gasteiger partial charge in [0.1, 0.15) is 18.1 Å². The van der Waals surface area contributed by atoms with Crippen LogP contribution in [-0.4, -0.2) is 48.4 Å². The Balaban J connectivity index is 1.14. The van der Waals surface area contributed by atoms with Crippen LogP contribution in [0.3, 0.4) is 0 Å². The van der Waals surface area contributed by atoms with Crippen molar-refractivity contribution in [1.82, 2.24) is 10.3 Å². The van der Waals surface area contributed by atoms with Gasteiger partial charge in [0.15, 0.2) is 0 Å². The summed E-state index contributed by atoms with van der Waals surface area (Å²) in [6, 6.07) is 27.0. The highest BCUT2D eigenvalue weighted by molar-refractivity contribution is 6.32. The van der Waals surface area contributed by atoms with Gasteiger partial charge in [0, 0.05) is 23.1 Å². The molecule has 0 atom stereocenters. The molecular formula is C32H32ClN3O3. The number of hydrogen-bond donors (Lipinski definition) is 2. The van der Waals surface area contributed by atoms with Gasteiger partial charge >= 0.3 is 0 Å². The lowest BCUT2D eigenvalue weighted by molar-refractivity contribution is 0.0955. The summed E-state index contributed by atoms with van der Waals surface area (Å²) in [4.78, 5) is 14.9. The summed E-state index contributed by atoms with van der Waals surface area (Å²) < 4.78 is 6.23. The zero-order valence-electron chi connectivity index (χ0n) is 21.7. The summed E-state index contributed by atoms with van der Waals surface area (Å²) in [5, 5.41) is 15.8. The number of nitrogens with one attached hydrogen (secondary N) is 1. The summed E-state index contributed by atoms with van der Waals surface area (Å²) in [6.45, 7) is 3.76. The maximum absolute atomic E-state index is 12.4. The average Bonchev–Trinajstić information content (AvgIpc) is 2.97. The Morgan fingerprint density at radius 1 is 1.00 bits per heavy atom. The molecule has 0 saturated carbocycles. The third-order valence-electron chi connectivity index (χ3n) is 7.24. The van der Waals surface area contributed by atoms with Gasteiger partial charge in [0.05, 0.1) is 11.2 Å². The van der Waals surface area contributed by atoms with Gasteiger partial charge in [-0.05, 0) is 79.6 Å². The third kappa shape index (κ3) is 6.96. The van der Waals surface area contributed by atoms with Crippen molar-refractivity contribution in [2.75, 3.05) is 26.2 Å². The number of rotatable bonds is 9. The summed E-state index contributed by atoms with van der Waals surface area (Å²) in [6.07, 6.45) is 5.23. The van der Waals surface area contributed by atoms with E-state index in [-0.39, 0.29) is 10.8 Å². The second-order valence-corrected chi connectivity index (χ2v) is 10.3. The topological polar surface area (TPSA) is 74.2 Å². The molecular weight excluding hydrogens is 510 g/mol. The zero-order chi connectivity index (χ0) is 27.0. The number of carbonyl (C=O) groups is 1. The van der Waals surface area contributed by atoms with Gasteiger partial charge in [0.25, 0.3) is 5.91 Å². The van der Waals surface area contributed by atoms with Crippen LogP contribution in [0, 0.1) is 5.92 Å². The molecule has 0 aromatic heterocycles. The summed E-state index contributed by atoms with van der Waals surface area (Å²) in [7, 11) is 0.